The molecule has 2 atom stereocenters. The molecule has 1 N–H and O–H groups in total. The Hall–Kier alpha value is -3.48. The van der Waals surface area contributed by atoms with Gasteiger partial charge >= 0.3 is 11.9 Å². The van der Waals surface area contributed by atoms with Gasteiger partial charge in [0.1, 0.15) is 22.9 Å². The lowest BCUT2D eigenvalue weighted by molar-refractivity contribution is -0.187. The molecule has 3 aromatic rings. The number of aliphatic hydroxyl groups excluding tert-OH is 1. The molecule has 0 aliphatic carbocycles. The first-order valence-electron chi connectivity index (χ1n) is 13.2. The molecule has 0 fully saturated rings. The summed E-state index contributed by atoms with van der Waals surface area (Å²) in [5.74, 6) is -3.35. The van der Waals surface area contributed by atoms with E-state index in [1.165, 1.54) is 0 Å². The van der Waals surface area contributed by atoms with Gasteiger partial charge in [-0.2, -0.15) is 0 Å². The largest absolute Gasteiger partial charge is 0.459 e. The van der Waals surface area contributed by atoms with Gasteiger partial charge in [-0.25, -0.2) is 0 Å². The van der Waals surface area contributed by atoms with Crippen LogP contribution in [-0.2, 0) is 29.4 Å². The molecule has 0 saturated heterocycles. The molecule has 208 valence electrons. The Morgan fingerprint density at radius 2 is 0.923 bits per heavy atom. The first kappa shape index (κ1) is 30.1. The number of hydrogen-bond donors (Lipinski definition) is 1. The van der Waals surface area contributed by atoms with Crippen LogP contribution in [0.4, 0.5) is 0 Å². The van der Waals surface area contributed by atoms with E-state index in [1.807, 2.05) is 91.0 Å². The summed E-state index contributed by atoms with van der Waals surface area (Å²) in [6.45, 7) is 11.9. The van der Waals surface area contributed by atoms with Crippen molar-refractivity contribution in [3.8, 4) is 0 Å². The minimum Gasteiger partial charge on any atom is -0.459 e. The van der Waals surface area contributed by atoms with Crippen molar-refractivity contribution < 1.29 is 28.9 Å². The normalized spacial score (nSPS) is 14.0. The van der Waals surface area contributed by atoms with E-state index in [0.29, 0.717) is 0 Å². The van der Waals surface area contributed by atoms with E-state index < -0.39 is 46.9 Å². The standard InChI is InChI=1S/C33H40O6/c1-23(28(34)27(29(35)38-31(2,3)4)30(36)39-32(5,6)7)37-33(24-17-11-8-12-18-24,25-19-13-9-14-20-25)26-21-15-10-16-22-26/h8-23,27-28,34H,1-7H3/t23-,28+/m0/s1. The summed E-state index contributed by atoms with van der Waals surface area (Å²) in [7, 11) is 0. The molecule has 39 heavy (non-hydrogen) atoms. The lowest BCUT2D eigenvalue weighted by Crippen LogP contribution is -2.49. The lowest BCUT2D eigenvalue weighted by Gasteiger charge is -2.40. The van der Waals surface area contributed by atoms with Crippen LogP contribution in [0.1, 0.15) is 65.2 Å². The van der Waals surface area contributed by atoms with Crippen molar-refractivity contribution in [2.75, 3.05) is 0 Å². The average Bonchev–Trinajstić information content (AvgIpc) is 2.86. The number of rotatable bonds is 9. The van der Waals surface area contributed by atoms with E-state index in [9.17, 15) is 14.7 Å². The molecule has 0 aromatic heterocycles. The van der Waals surface area contributed by atoms with E-state index in [-0.39, 0.29) is 0 Å². The maximum atomic E-state index is 13.3. The van der Waals surface area contributed by atoms with Crippen LogP contribution in [0.25, 0.3) is 0 Å². The fourth-order valence-corrected chi connectivity index (χ4v) is 4.45. The Morgan fingerprint density at radius 3 is 1.21 bits per heavy atom. The number of ether oxygens (including phenoxy) is 3. The van der Waals surface area contributed by atoms with Crippen molar-refractivity contribution in [2.24, 2.45) is 5.92 Å². The van der Waals surface area contributed by atoms with E-state index in [4.69, 9.17) is 14.2 Å². The van der Waals surface area contributed by atoms with Gasteiger partial charge in [0, 0.05) is 0 Å². The SMILES string of the molecule is C[C@H](OC(c1ccccc1)(c1ccccc1)c1ccccc1)[C@@H](O)C(C(=O)OC(C)(C)C)C(=O)OC(C)(C)C. The second-order valence-electron chi connectivity index (χ2n) is 11.6. The van der Waals surface area contributed by atoms with Crippen LogP contribution < -0.4 is 0 Å². The number of carbonyl (C=O) groups excluding carboxylic acids is 2. The van der Waals surface area contributed by atoms with Crippen LogP contribution >= 0.6 is 0 Å². The smallest absolute Gasteiger partial charge is 0.323 e. The monoisotopic (exact) mass is 532 g/mol. The number of carbonyl (C=O) groups is 2. The minimum atomic E-state index is -1.61. The van der Waals surface area contributed by atoms with Crippen molar-refractivity contribution in [1.82, 2.24) is 0 Å². The zero-order valence-electron chi connectivity index (χ0n) is 23.9. The van der Waals surface area contributed by atoms with Crippen molar-refractivity contribution in [3.05, 3.63) is 108 Å². The molecular formula is C33H40O6. The Labute approximate surface area is 231 Å². The lowest BCUT2D eigenvalue weighted by atomic mass is 9.79. The average molecular weight is 533 g/mol. The summed E-state index contributed by atoms with van der Waals surface area (Å²) >= 11 is 0. The third-order valence-corrected chi connectivity index (χ3v) is 6.05. The minimum absolute atomic E-state index is 0.826. The van der Waals surface area contributed by atoms with Crippen molar-refractivity contribution in [3.63, 3.8) is 0 Å². The summed E-state index contributed by atoms with van der Waals surface area (Å²) in [4.78, 5) is 26.5. The zero-order valence-corrected chi connectivity index (χ0v) is 23.9. The molecule has 0 amide bonds. The number of aliphatic hydroxyl groups is 1. The molecule has 0 unspecified atom stereocenters. The molecule has 6 heteroatoms. The molecule has 0 heterocycles. The van der Waals surface area contributed by atoms with Crippen LogP contribution in [0, 0.1) is 5.92 Å². The van der Waals surface area contributed by atoms with Gasteiger partial charge in [-0.1, -0.05) is 91.0 Å². The molecule has 0 bridgehead atoms. The van der Waals surface area contributed by atoms with Gasteiger partial charge in [-0.3, -0.25) is 9.59 Å². The molecule has 0 radical (unpaired) electrons. The zero-order chi connectivity index (χ0) is 28.8. The van der Waals surface area contributed by atoms with E-state index in [0.717, 1.165) is 16.7 Å². The van der Waals surface area contributed by atoms with E-state index in [1.54, 1.807) is 48.5 Å². The van der Waals surface area contributed by atoms with Crippen molar-refractivity contribution in [1.29, 1.82) is 0 Å². The van der Waals surface area contributed by atoms with Gasteiger partial charge in [0.15, 0.2) is 5.92 Å². The van der Waals surface area contributed by atoms with Gasteiger partial charge in [-0.05, 0) is 65.2 Å². The molecular weight excluding hydrogens is 492 g/mol. The number of benzene rings is 3. The maximum absolute atomic E-state index is 13.3. The van der Waals surface area contributed by atoms with Crippen LogP contribution in [0.15, 0.2) is 91.0 Å². The predicted octanol–water partition coefficient (Wildman–Crippen LogP) is 6.04. The van der Waals surface area contributed by atoms with Crippen LogP contribution in [0.2, 0.25) is 0 Å². The summed E-state index contributed by atoms with van der Waals surface area (Å²) in [6.07, 6.45) is -2.57. The van der Waals surface area contributed by atoms with E-state index >= 15 is 0 Å². The second kappa shape index (κ2) is 12.1. The summed E-state index contributed by atoms with van der Waals surface area (Å²) in [5, 5.41) is 11.6. The Morgan fingerprint density at radius 1 is 0.615 bits per heavy atom. The van der Waals surface area contributed by atoms with Gasteiger partial charge in [-0.15, -0.1) is 0 Å². The molecule has 3 aromatic carbocycles. The van der Waals surface area contributed by atoms with Gasteiger partial charge in [0.05, 0.1) is 6.10 Å². The van der Waals surface area contributed by atoms with Crippen molar-refractivity contribution in [2.45, 2.75) is 77.5 Å². The Kier molecular flexibility index (Phi) is 9.36. The fourth-order valence-electron chi connectivity index (χ4n) is 4.45. The number of esters is 2. The predicted molar refractivity (Wildman–Crippen MR) is 151 cm³/mol. The van der Waals surface area contributed by atoms with Crippen LogP contribution in [-0.4, -0.2) is 40.5 Å². The second-order valence-corrected chi connectivity index (χ2v) is 11.6. The Balaban J connectivity index is 2.13. The maximum Gasteiger partial charge on any atom is 0.323 e. The van der Waals surface area contributed by atoms with Gasteiger partial charge < -0.3 is 19.3 Å². The number of hydrogen-bond acceptors (Lipinski definition) is 6. The highest BCUT2D eigenvalue weighted by Gasteiger charge is 2.46. The topological polar surface area (TPSA) is 82.1 Å². The Bertz CT molecular complexity index is 1090. The third-order valence-electron chi connectivity index (χ3n) is 6.05. The van der Waals surface area contributed by atoms with Gasteiger partial charge in [0.25, 0.3) is 0 Å². The van der Waals surface area contributed by atoms with Crippen LogP contribution in [0.3, 0.4) is 0 Å². The quantitative estimate of drug-likeness (QED) is 0.205. The fraction of sp³-hybridized carbons (Fsp3) is 0.394. The van der Waals surface area contributed by atoms with E-state index in [2.05, 4.69) is 0 Å². The summed E-state index contributed by atoms with van der Waals surface area (Å²) < 4.78 is 17.9. The summed E-state index contributed by atoms with van der Waals surface area (Å²) in [5.41, 5.74) is -0.421. The molecule has 0 saturated carbocycles. The highest BCUT2D eigenvalue weighted by atomic mass is 16.6. The molecule has 6 nitrogen and oxygen atoms in total. The molecule has 0 spiro atoms. The molecule has 3 rings (SSSR count). The first-order chi connectivity index (χ1) is 18.2. The third kappa shape index (κ3) is 7.55. The van der Waals surface area contributed by atoms with Gasteiger partial charge in [0.2, 0.25) is 0 Å². The summed E-state index contributed by atoms with van der Waals surface area (Å²) in [6, 6.07) is 29.0. The highest BCUT2D eigenvalue weighted by molar-refractivity contribution is 5.96. The van der Waals surface area contributed by atoms with Crippen molar-refractivity contribution >= 4 is 11.9 Å². The molecule has 0 aliphatic rings. The highest BCUT2D eigenvalue weighted by Crippen LogP contribution is 2.42. The first-order valence-corrected chi connectivity index (χ1v) is 13.2. The molecule has 0 aliphatic heterocycles. The van der Waals surface area contributed by atoms with Crippen LogP contribution in [0.5, 0.6) is 0 Å².